The van der Waals surface area contributed by atoms with Crippen molar-refractivity contribution in [3.8, 4) is 5.75 Å². The zero-order chi connectivity index (χ0) is 15.6. The molecule has 0 aliphatic carbocycles. The van der Waals surface area contributed by atoms with Crippen LogP contribution in [0.4, 0.5) is 23.2 Å². The molecule has 0 aromatic heterocycles. The average Bonchev–Trinajstić information content (AvgIpc) is 2.40. The summed E-state index contributed by atoms with van der Waals surface area (Å²) in [5, 5.41) is 0. The van der Waals surface area contributed by atoms with Gasteiger partial charge in [0.25, 0.3) is 0 Å². The second kappa shape index (κ2) is 5.93. The molecule has 0 saturated heterocycles. The monoisotopic (exact) mass is 363 g/mol. The Bertz CT molecular complexity index is 658. The van der Waals surface area contributed by atoms with E-state index in [4.69, 9.17) is 10.5 Å². The molecule has 0 radical (unpaired) electrons. The number of hydrogen-bond acceptors (Lipinski definition) is 2. The highest BCUT2D eigenvalue weighted by Crippen LogP contribution is 2.34. The van der Waals surface area contributed by atoms with E-state index in [-0.39, 0.29) is 17.0 Å². The second-order valence-corrected chi connectivity index (χ2v) is 5.19. The Kier molecular flexibility index (Phi) is 4.41. The summed E-state index contributed by atoms with van der Waals surface area (Å²) in [6, 6.07) is 7.36. The number of hydrogen-bond donors (Lipinski definition) is 1. The molecular weight excluding hydrogens is 354 g/mol. The molecule has 2 N–H and O–H groups in total. The molecule has 0 aliphatic heterocycles. The fourth-order valence-corrected chi connectivity index (χ4v) is 2.07. The lowest BCUT2D eigenvalue weighted by molar-refractivity contribution is -0.138. The van der Waals surface area contributed by atoms with E-state index in [2.05, 4.69) is 15.9 Å². The van der Waals surface area contributed by atoms with Gasteiger partial charge in [0, 0.05) is 15.7 Å². The lowest BCUT2D eigenvalue weighted by atomic mass is 10.1. The largest absolute Gasteiger partial charge is 0.486 e. The van der Waals surface area contributed by atoms with Gasteiger partial charge in [-0.1, -0.05) is 22.0 Å². The Morgan fingerprint density at radius 1 is 1.10 bits per heavy atom. The number of alkyl halides is 3. The molecule has 21 heavy (non-hydrogen) atoms. The van der Waals surface area contributed by atoms with E-state index in [0.29, 0.717) is 4.47 Å². The van der Waals surface area contributed by atoms with Crippen molar-refractivity contribution in [2.24, 2.45) is 0 Å². The van der Waals surface area contributed by atoms with Crippen molar-refractivity contribution in [2.45, 2.75) is 12.8 Å². The summed E-state index contributed by atoms with van der Waals surface area (Å²) in [6.45, 7) is -0.414. The topological polar surface area (TPSA) is 35.2 Å². The third-order valence-corrected chi connectivity index (χ3v) is 3.21. The maximum Gasteiger partial charge on any atom is 0.416 e. The number of benzene rings is 2. The number of nitrogens with two attached hydrogens (primary N) is 1. The van der Waals surface area contributed by atoms with Gasteiger partial charge < -0.3 is 10.5 Å². The predicted octanol–water partition coefficient (Wildman–Crippen LogP) is 4.77. The molecule has 0 aliphatic rings. The standard InChI is InChI=1S/C14H10BrF4NO/c15-9-2-4-12(16)13(5-9)21-7-8-1-3-10(20)6-11(8)14(17,18)19/h1-6H,7,20H2. The normalized spacial score (nSPS) is 11.5. The highest BCUT2D eigenvalue weighted by molar-refractivity contribution is 9.10. The molecular formula is C14H10BrF4NO. The molecule has 0 heterocycles. The van der Waals surface area contributed by atoms with Crippen LogP contribution in [0.25, 0.3) is 0 Å². The van der Waals surface area contributed by atoms with Crippen LogP contribution < -0.4 is 10.5 Å². The molecule has 2 rings (SSSR count). The third kappa shape index (κ3) is 3.87. The van der Waals surface area contributed by atoms with E-state index < -0.39 is 24.2 Å². The first-order chi connectivity index (χ1) is 9.77. The van der Waals surface area contributed by atoms with E-state index in [0.717, 1.165) is 12.1 Å². The van der Waals surface area contributed by atoms with Crippen molar-refractivity contribution in [3.63, 3.8) is 0 Å². The zero-order valence-electron chi connectivity index (χ0n) is 10.5. The van der Waals surface area contributed by atoms with E-state index in [1.54, 1.807) is 0 Å². The van der Waals surface area contributed by atoms with Crippen LogP contribution in [0.3, 0.4) is 0 Å². The van der Waals surface area contributed by atoms with Crippen molar-refractivity contribution in [1.82, 2.24) is 0 Å². The molecule has 0 atom stereocenters. The number of nitrogen functional groups attached to an aromatic ring is 1. The van der Waals surface area contributed by atoms with Crippen LogP contribution in [0.5, 0.6) is 5.75 Å². The molecule has 0 unspecified atom stereocenters. The van der Waals surface area contributed by atoms with Gasteiger partial charge in [-0.05, 0) is 30.3 Å². The van der Waals surface area contributed by atoms with Crippen LogP contribution in [-0.2, 0) is 12.8 Å². The molecule has 2 aromatic rings. The van der Waals surface area contributed by atoms with Gasteiger partial charge in [0.15, 0.2) is 11.6 Å². The summed E-state index contributed by atoms with van der Waals surface area (Å²) in [7, 11) is 0. The van der Waals surface area contributed by atoms with Gasteiger partial charge in [-0.2, -0.15) is 13.2 Å². The van der Waals surface area contributed by atoms with Gasteiger partial charge >= 0.3 is 6.18 Å². The summed E-state index contributed by atoms with van der Waals surface area (Å²) in [4.78, 5) is 0. The van der Waals surface area contributed by atoms with Crippen LogP contribution >= 0.6 is 15.9 Å². The number of ether oxygens (including phenoxy) is 1. The SMILES string of the molecule is Nc1ccc(COc2cc(Br)ccc2F)c(C(F)(F)F)c1. The minimum Gasteiger partial charge on any atom is -0.486 e. The molecule has 0 amide bonds. The molecule has 2 aromatic carbocycles. The molecule has 2 nitrogen and oxygen atoms in total. The summed E-state index contributed by atoms with van der Waals surface area (Å²) >= 11 is 3.14. The van der Waals surface area contributed by atoms with Gasteiger partial charge in [0.05, 0.1) is 5.56 Å². The van der Waals surface area contributed by atoms with Gasteiger partial charge in [0.1, 0.15) is 6.61 Å². The van der Waals surface area contributed by atoms with Crippen LogP contribution in [0.15, 0.2) is 40.9 Å². The lowest BCUT2D eigenvalue weighted by Gasteiger charge is -2.14. The number of halogens is 5. The first kappa shape index (κ1) is 15.6. The molecule has 7 heteroatoms. The Hall–Kier alpha value is -1.76. The first-order valence-electron chi connectivity index (χ1n) is 5.81. The predicted molar refractivity (Wildman–Crippen MR) is 74.3 cm³/mol. The fraction of sp³-hybridized carbons (Fsp3) is 0.143. The fourth-order valence-electron chi connectivity index (χ4n) is 1.73. The molecule has 0 saturated carbocycles. The maximum absolute atomic E-state index is 13.5. The van der Waals surface area contributed by atoms with Crippen LogP contribution in [-0.4, -0.2) is 0 Å². The maximum atomic E-state index is 13.5. The highest BCUT2D eigenvalue weighted by Gasteiger charge is 2.33. The van der Waals surface area contributed by atoms with Gasteiger partial charge in [0.2, 0.25) is 0 Å². The molecule has 112 valence electrons. The van der Waals surface area contributed by atoms with E-state index in [9.17, 15) is 17.6 Å². The molecule has 0 spiro atoms. The Morgan fingerprint density at radius 2 is 1.81 bits per heavy atom. The Labute approximate surface area is 126 Å². The summed E-state index contributed by atoms with van der Waals surface area (Å²) in [5.74, 6) is -0.781. The van der Waals surface area contributed by atoms with Crippen molar-refractivity contribution >= 4 is 21.6 Å². The van der Waals surface area contributed by atoms with E-state index in [1.807, 2.05) is 0 Å². The Balaban J connectivity index is 2.26. The van der Waals surface area contributed by atoms with Crippen molar-refractivity contribution in [1.29, 1.82) is 0 Å². The summed E-state index contributed by atoms with van der Waals surface area (Å²) in [5.41, 5.74) is 4.36. The first-order valence-corrected chi connectivity index (χ1v) is 6.60. The second-order valence-electron chi connectivity index (χ2n) is 4.28. The highest BCUT2D eigenvalue weighted by atomic mass is 79.9. The summed E-state index contributed by atoms with van der Waals surface area (Å²) < 4.78 is 57.9. The minimum atomic E-state index is -4.55. The zero-order valence-corrected chi connectivity index (χ0v) is 12.1. The van der Waals surface area contributed by atoms with Gasteiger partial charge in [-0.15, -0.1) is 0 Å². The molecule has 0 bridgehead atoms. The van der Waals surface area contributed by atoms with Crippen LogP contribution in [0, 0.1) is 5.82 Å². The summed E-state index contributed by atoms with van der Waals surface area (Å²) in [6.07, 6.45) is -4.55. The average molecular weight is 364 g/mol. The number of anilines is 1. The van der Waals surface area contributed by atoms with E-state index in [1.165, 1.54) is 24.3 Å². The quantitative estimate of drug-likeness (QED) is 0.629. The van der Waals surface area contributed by atoms with Gasteiger partial charge in [-0.25, -0.2) is 4.39 Å². The van der Waals surface area contributed by atoms with Crippen LogP contribution in [0.1, 0.15) is 11.1 Å². The molecule has 0 fully saturated rings. The Morgan fingerprint density at radius 3 is 2.48 bits per heavy atom. The lowest BCUT2D eigenvalue weighted by Crippen LogP contribution is -2.12. The van der Waals surface area contributed by atoms with Crippen molar-refractivity contribution in [3.05, 3.63) is 57.8 Å². The third-order valence-electron chi connectivity index (χ3n) is 2.72. The van der Waals surface area contributed by atoms with Crippen molar-refractivity contribution in [2.75, 3.05) is 5.73 Å². The smallest absolute Gasteiger partial charge is 0.416 e. The van der Waals surface area contributed by atoms with Crippen molar-refractivity contribution < 1.29 is 22.3 Å². The minimum absolute atomic E-state index is 0.000267. The van der Waals surface area contributed by atoms with Crippen LogP contribution in [0.2, 0.25) is 0 Å². The van der Waals surface area contributed by atoms with E-state index >= 15 is 0 Å². The van der Waals surface area contributed by atoms with Gasteiger partial charge in [-0.3, -0.25) is 0 Å². The number of rotatable bonds is 3.